The summed E-state index contributed by atoms with van der Waals surface area (Å²) < 4.78 is 47.7. The molecule has 19 heavy (non-hydrogen) atoms. The molecule has 0 saturated carbocycles. The SMILES string of the molecule is COc1c(C2CNCCO2)cc(F)cc1S(C)(=O)=O. The minimum atomic E-state index is -3.57. The van der Waals surface area contributed by atoms with Crippen LogP contribution in [0.2, 0.25) is 0 Å². The van der Waals surface area contributed by atoms with Crippen LogP contribution in [-0.2, 0) is 14.6 Å². The molecule has 1 atom stereocenters. The quantitative estimate of drug-likeness (QED) is 0.895. The van der Waals surface area contributed by atoms with Crippen molar-refractivity contribution in [2.24, 2.45) is 0 Å². The Bertz CT molecular complexity index is 567. The van der Waals surface area contributed by atoms with Crippen molar-refractivity contribution in [1.29, 1.82) is 0 Å². The molecule has 1 saturated heterocycles. The van der Waals surface area contributed by atoms with E-state index in [2.05, 4.69) is 5.32 Å². The highest BCUT2D eigenvalue weighted by atomic mass is 32.2. The number of sulfone groups is 1. The maximum absolute atomic E-state index is 13.6. The van der Waals surface area contributed by atoms with Gasteiger partial charge in [0.1, 0.15) is 16.5 Å². The van der Waals surface area contributed by atoms with Crippen LogP contribution < -0.4 is 10.1 Å². The van der Waals surface area contributed by atoms with E-state index in [4.69, 9.17) is 9.47 Å². The zero-order valence-corrected chi connectivity index (χ0v) is 11.6. The van der Waals surface area contributed by atoms with Gasteiger partial charge in [-0.25, -0.2) is 12.8 Å². The summed E-state index contributed by atoms with van der Waals surface area (Å²) in [5, 5.41) is 3.11. The Morgan fingerprint density at radius 3 is 2.74 bits per heavy atom. The highest BCUT2D eigenvalue weighted by Gasteiger charge is 2.26. The molecule has 1 aliphatic heterocycles. The fraction of sp³-hybridized carbons (Fsp3) is 0.500. The summed E-state index contributed by atoms with van der Waals surface area (Å²) in [5.74, 6) is -0.469. The molecule has 2 rings (SSSR count). The Labute approximate surface area is 111 Å². The number of hydrogen-bond acceptors (Lipinski definition) is 5. The lowest BCUT2D eigenvalue weighted by atomic mass is 10.1. The summed E-state index contributed by atoms with van der Waals surface area (Å²) in [6.07, 6.45) is 0.605. The molecule has 106 valence electrons. The van der Waals surface area contributed by atoms with Gasteiger partial charge in [-0.3, -0.25) is 0 Å². The normalized spacial score (nSPS) is 20.3. The summed E-state index contributed by atoms with van der Waals surface area (Å²) in [6, 6.07) is 2.22. The van der Waals surface area contributed by atoms with Gasteiger partial charge in [0.2, 0.25) is 0 Å². The molecule has 1 unspecified atom stereocenters. The molecule has 0 amide bonds. The van der Waals surface area contributed by atoms with Gasteiger partial charge in [-0.05, 0) is 12.1 Å². The monoisotopic (exact) mass is 289 g/mol. The molecule has 5 nitrogen and oxygen atoms in total. The van der Waals surface area contributed by atoms with Crippen LogP contribution in [-0.4, -0.2) is 41.5 Å². The Kier molecular flexibility index (Phi) is 4.07. The molecular weight excluding hydrogens is 273 g/mol. The van der Waals surface area contributed by atoms with Gasteiger partial charge in [0.15, 0.2) is 9.84 Å². The third-order valence-electron chi connectivity index (χ3n) is 2.93. The maximum Gasteiger partial charge on any atom is 0.179 e. The highest BCUT2D eigenvalue weighted by molar-refractivity contribution is 7.90. The zero-order valence-electron chi connectivity index (χ0n) is 10.8. The summed E-state index contributed by atoms with van der Waals surface area (Å²) >= 11 is 0. The fourth-order valence-corrected chi connectivity index (χ4v) is 2.95. The van der Waals surface area contributed by atoms with Crippen molar-refractivity contribution >= 4 is 9.84 Å². The van der Waals surface area contributed by atoms with Crippen LogP contribution in [0.5, 0.6) is 5.75 Å². The van der Waals surface area contributed by atoms with Crippen LogP contribution in [0, 0.1) is 5.82 Å². The van der Waals surface area contributed by atoms with Gasteiger partial charge in [-0.2, -0.15) is 0 Å². The van der Waals surface area contributed by atoms with Crippen LogP contribution >= 0.6 is 0 Å². The first-order valence-corrected chi connectivity index (χ1v) is 7.72. The number of morpholine rings is 1. The average Bonchev–Trinajstić information content (AvgIpc) is 2.37. The second-order valence-electron chi connectivity index (χ2n) is 4.36. The van der Waals surface area contributed by atoms with Crippen LogP contribution in [0.15, 0.2) is 17.0 Å². The van der Waals surface area contributed by atoms with Gasteiger partial charge in [-0.1, -0.05) is 0 Å². The van der Waals surface area contributed by atoms with E-state index in [0.29, 0.717) is 25.3 Å². The van der Waals surface area contributed by atoms with E-state index >= 15 is 0 Å². The van der Waals surface area contributed by atoms with Gasteiger partial charge in [0, 0.05) is 24.9 Å². The van der Waals surface area contributed by atoms with Crippen molar-refractivity contribution in [3.8, 4) is 5.75 Å². The molecule has 7 heteroatoms. The lowest BCUT2D eigenvalue weighted by Gasteiger charge is -2.26. The minimum absolute atomic E-state index is 0.151. The van der Waals surface area contributed by atoms with Gasteiger partial charge in [0.25, 0.3) is 0 Å². The smallest absolute Gasteiger partial charge is 0.179 e. The number of methoxy groups -OCH3 is 1. The van der Waals surface area contributed by atoms with Crippen LogP contribution in [0.25, 0.3) is 0 Å². The van der Waals surface area contributed by atoms with Gasteiger partial charge in [-0.15, -0.1) is 0 Å². The van der Waals surface area contributed by atoms with Gasteiger partial charge >= 0.3 is 0 Å². The number of halogens is 1. The van der Waals surface area contributed by atoms with Crippen molar-refractivity contribution in [2.45, 2.75) is 11.0 Å². The van der Waals surface area contributed by atoms with E-state index in [0.717, 1.165) is 12.3 Å². The lowest BCUT2D eigenvalue weighted by molar-refractivity contribution is 0.0258. The standard InChI is InChI=1S/C12H16FNO4S/c1-17-12-9(10-7-14-3-4-18-10)5-8(13)6-11(12)19(2,15)16/h5-6,10,14H,3-4,7H2,1-2H3. The molecule has 1 N–H and O–H groups in total. The Morgan fingerprint density at radius 2 is 2.21 bits per heavy atom. The van der Waals surface area contributed by atoms with Crippen molar-refractivity contribution in [1.82, 2.24) is 5.32 Å². The third kappa shape index (κ3) is 3.05. The Hall–Kier alpha value is -1.18. The second kappa shape index (κ2) is 5.44. The fourth-order valence-electron chi connectivity index (χ4n) is 2.09. The van der Waals surface area contributed by atoms with E-state index in [1.807, 2.05) is 0 Å². The number of ether oxygens (including phenoxy) is 2. The summed E-state index contributed by atoms with van der Waals surface area (Å²) in [5.41, 5.74) is 0.412. The first kappa shape index (κ1) is 14.2. The zero-order chi connectivity index (χ0) is 14.0. The van der Waals surface area contributed by atoms with Gasteiger partial charge in [0.05, 0.1) is 19.8 Å². The molecule has 0 radical (unpaired) electrons. The van der Waals surface area contributed by atoms with Crippen molar-refractivity contribution in [2.75, 3.05) is 33.1 Å². The van der Waals surface area contributed by atoms with E-state index in [1.54, 1.807) is 0 Å². The largest absolute Gasteiger partial charge is 0.495 e. The molecule has 1 aliphatic rings. The van der Waals surface area contributed by atoms with Crippen molar-refractivity contribution in [3.63, 3.8) is 0 Å². The summed E-state index contributed by atoms with van der Waals surface area (Å²) in [6.45, 7) is 1.69. The first-order valence-electron chi connectivity index (χ1n) is 5.83. The Morgan fingerprint density at radius 1 is 1.47 bits per heavy atom. The minimum Gasteiger partial charge on any atom is -0.495 e. The van der Waals surface area contributed by atoms with Crippen LogP contribution in [0.4, 0.5) is 4.39 Å². The maximum atomic E-state index is 13.6. The number of hydrogen-bond donors (Lipinski definition) is 1. The third-order valence-corrected chi connectivity index (χ3v) is 4.03. The van der Waals surface area contributed by atoms with Crippen LogP contribution in [0.1, 0.15) is 11.7 Å². The molecule has 1 heterocycles. The van der Waals surface area contributed by atoms with E-state index in [-0.39, 0.29) is 10.6 Å². The molecule has 1 aromatic rings. The molecule has 1 fully saturated rings. The van der Waals surface area contributed by atoms with Crippen LogP contribution in [0.3, 0.4) is 0 Å². The van der Waals surface area contributed by atoms with E-state index in [1.165, 1.54) is 13.2 Å². The van der Waals surface area contributed by atoms with Crippen molar-refractivity contribution in [3.05, 3.63) is 23.5 Å². The number of benzene rings is 1. The summed E-state index contributed by atoms with van der Waals surface area (Å²) in [7, 11) is -2.21. The molecule has 1 aromatic carbocycles. The highest BCUT2D eigenvalue weighted by Crippen LogP contribution is 2.35. The number of nitrogens with one attached hydrogen (secondary N) is 1. The topological polar surface area (TPSA) is 64.6 Å². The summed E-state index contributed by atoms with van der Waals surface area (Å²) in [4.78, 5) is -0.154. The first-order chi connectivity index (χ1) is 8.93. The second-order valence-corrected chi connectivity index (χ2v) is 6.35. The predicted molar refractivity (Wildman–Crippen MR) is 67.6 cm³/mol. The molecule has 0 bridgehead atoms. The average molecular weight is 289 g/mol. The predicted octanol–water partition coefficient (Wildman–Crippen LogP) is 0.899. The van der Waals surface area contributed by atoms with E-state index < -0.39 is 21.8 Å². The van der Waals surface area contributed by atoms with Gasteiger partial charge < -0.3 is 14.8 Å². The van der Waals surface area contributed by atoms with E-state index in [9.17, 15) is 12.8 Å². The van der Waals surface area contributed by atoms with Crippen molar-refractivity contribution < 1.29 is 22.3 Å². The molecule has 0 aromatic heterocycles. The lowest BCUT2D eigenvalue weighted by Crippen LogP contribution is -2.33. The Balaban J connectivity index is 2.56. The number of rotatable bonds is 3. The molecular formula is C12H16FNO4S. The molecule has 0 spiro atoms. The molecule has 0 aliphatic carbocycles.